The van der Waals surface area contributed by atoms with E-state index in [1.807, 2.05) is 21.6 Å². The van der Waals surface area contributed by atoms with Gasteiger partial charge in [0, 0.05) is 39.4 Å². The van der Waals surface area contributed by atoms with Crippen molar-refractivity contribution in [2.45, 2.75) is 43.8 Å². The monoisotopic (exact) mass is 432 g/mol. The highest BCUT2D eigenvalue weighted by atomic mass is 32.2. The lowest BCUT2D eigenvalue weighted by Gasteiger charge is -2.20. The Morgan fingerprint density at radius 1 is 1.30 bits per heavy atom. The smallest absolute Gasteiger partial charge is 0.230 e. The molecule has 30 heavy (non-hydrogen) atoms. The van der Waals surface area contributed by atoms with Gasteiger partial charge < -0.3 is 15.0 Å². The zero-order chi connectivity index (χ0) is 21.2. The highest BCUT2D eigenvalue weighted by molar-refractivity contribution is 7.99. The van der Waals surface area contributed by atoms with Gasteiger partial charge in [0.25, 0.3) is 0 Å². The summed E-state index contributed by atoms with van der Waals surface area (Å²) < 4.78 is 6.87. The average Bonchev–Trinajstić information content (AvgIpc) is 3.05. The van der Waals surface area contributed by atoms with Crippen LogP contribution in [0.2, 0.25) is 0 Å². The maximum atomic E-state index is 12.4. The van der Waals surface area contributed by atoms with E-state index in [1.54, 1.807) is 19.5 Å². The first-order chi connectivity index (χ1) is 14.7. The Labute approximate surface area is 180 Å². The molecule has 162 valence electrons. The van der Waals surface area contributed by atoms with Crippen molar-refractivity contribution < 1.29 is 14.3 Å². The standard InChI is InChI=1S/C20H28N6O3S/c1-29-12-6-10-22-18(27)15-30-20-24-23-17(26(20)16-7-5-9-21-13-16)14-25-11-4-2-3-8-19(25)28/h5,7,9,13H,2-4,6,8,10-12,14-15H2,1H3,(H,22,27). The minimum atomic E-state index is -0.0684. The lowest BCUT2D eigenvalue weighted by atomic mass is 10.2. The second kappa shape index (κ2) is 11.7. The molecular formula is C20H28N6O3S. The number of aromatic nitrogens is 4. The second-order valence-corrected chi connectivity index (χ2v) is 8.00. The molecule has 10 heteroatoms. The average molecular weight is 433 g/mol. The third kappa shape index (κ3) is 6.27. The van der Waals surface area contributed by atoms with E-state index in [4.69, 9.17) is 4.74 Å². The third-order valence-corrected chi connectivity index (χ3v) is 5.72. The van der Waals surface area contributed by atoms with Crippen molar-refractivity contribution in [3.63, 3.8) is 0 Å². The number of hydrogen-bond donors (Lipinski definition) is 1. The van der Waals surface area contributed by atoms with Gasteiger partial charge in [0.2, 0.25) is 11.8 Å². The molecule has 1 fully saturated rings. The minimum absolute atomic E-state index is 0.0684. The number of ether oxygens (including phenoxy) is 1. The van der Waals surface area contributed by atoms with Gasteiger partial charge in [-0.05, 0) is 31.4 Å². The third-order valence-electron chi connectivity index (χ3n) is 4.79. The fraction of sp³-hybridized carbons (Fsp3) is 0.550. The predicted molar refractivity (Wildman–Crippen MR) is 113 cm³/mol. The summed E-state index contributed by atoms with van der Waals surface area (Å²) in [4.78, 5) is 30.6. The van der Waals surface area contributed by atoms with E-state index in [2.05, 4.69) is 20.5 Å². The SMILES string of the molecule is COCCCNC(=O)CSc1nnc(CN2CCCCCC2=O)n1-c1cccnc1. The number of carbonyl (C=O) groups excluding carboxylic acids is 2. The molecule has 0 atom stereocenters. The van der Waals surface area contributed by atoms with Crippen LogP contribution in [0.5, 0.6) is 0 Å². The largest absolute Gasteiger partial charge is 0.385 e. The topological polar surface area (TPSA) is 102 Å². The molecule has 1 N–H and O–H groups in total. The first-order valence-corrected chi connectivity index (χ1v) is 11.2. The van der Waals surface area contributed by atoms with Gasteiger partial charge in [0.15, 0.2) is 11.0 Å². The molecule has 0 radical (unpaired) electrons. The number of carbonyl (C=O) groups is 2. The van der Waals surface area contributed by atoms with E-state index >= 15 is 0 Å². The quantitative estimate of drug-likeness (QED) is 0.451. The van der Waals surface area contributed by atoms with Gasteiger partial charge >= 0.3 is 0 Å². The van der Waals surface area contributed by atoms with Crippen molar-refractivity contribution in [2.75, 3.05) is 32.6 Å². The maximum absolute atomic E-state index is 12.4. The number of hydrogen-bond acceptors (Lipinski definition) is 7. The summed E-state index contributed by atoms with van der Waals surface area (Å²) in [6.07, 6.45) is 7.78. The van der Waals surface area contributed by atoms with Crippen molar-refractivity contribution in [2.24, 2.45) is 0 Å². The van der Waals surface area contributed by atoms with E-state index in [0.29, 0.717) is 37.1 Å². The number of rotatable bonds is 10. The molecule has 0 aliphatic carbocycles. The fourth-order valence-corrected chi connectivity index (χ4v) is 4.04. The molecule has 3 rings (SSSR count). The summed E-state index contributed by atoms with van der Waals surface area (Å²) in [5, 5.41) is 12.1. The molecule has 0 bridgehead atoms. The molecule has 3 heterocycles. The molecule has 1 aliphatic rings. The minimum Gasteiger partial charge on any atom is -0.385 e. The zero-order valence-electron chi connectivity index (χ0n) is 17.2. The van der Waals surface area contributed by atoms with Gasteiger partial charge in [-0.1, -0.05) is 18.2 Å². The fourth-order valence-electron chi connectivity index (χ4n) is 3.24. The summed E-state index contributed by atoms with van der Waals surface area (Å²) in [6, 6.07) is 3.76. The molecule has 0 aromatic carbocycles. The Morgan fingerprint density at radius 2 is 2.20 bits per heavy atom. The van der Waals surface area contributed by atoms with Gasteiger partial charge in [-0.15, -0.1) is 10.2 Å². The van der Waals surface area contributed by atoms with Gasteiger partial charge in [0.05, 0.1) is 24.2 Å². The number of thioether (sulfide) groups is 1. The molecule has 0 spiro atoms. The van der Waals surface area contributed by atoms with Crippen molar-refractivity contribution in [3.05, 3.63) is 30.4 Å². The van der Waals surface area contributed by atoms with Crippen LogP contribution in [0.4, 0.5) is 0 Å². The predicted octanol–water partition coefficient (Wildman–Crippen LogP) is 1.81. The first-order valence-electron chi connectivity index (χ1n) is 10.2. The van der Waals surface area contributed by atoms with Crippen molar-refractivity contribution in [3.8, 4) is 5.69 Å². The molecule has 0 unspecified atom stereocenters. The normalized spacial score (nSPS) is 14.6. The van der Waals surface area contributed by atoms with Crippen LogP contribution in [0.25, 0.3) is 5.69 Å². The molecule has 2 aromatic rings. The zero-order valence-corrected chi connectivity index (χ0v) is 18.1. The molecule has 1 aliphatic heterocycles. The van der Waals surface area contributed by atoms with Gasteiger partial charge in [-0.3, -0.25) is 19.1 Å². The van der Waals surface area contributed by atoms with E-state index in [1.165, 1.54) is 11.8 Å². The Bertz CT molecular complexity index is 829. The summed E-state index contributed by atoms with van der Waals surface area (Å²) in [6.45, 7) is 2.31. The highest BCUT2D eigenvalue weighted by Gasteiger charge is 2.22. The van der Waals surface area contributed by atoms with Gasteiger partial charge in [0.1, 0.15) is 0 Å². The molecule has 2 amide bonds. The summed E-state index contributed by atoms with van der Waals surface area (Å²) in [5.41, 5.74) is 0.808. The van der Waals surface area contributed by atoms with Crippen molar-refractivity contribution >= 4 is 23.6 Å². The second-order valence-electron chi connectivity index (χ2n) is 7.06. The van der Waals surface area contributed by atoms with Crippen molar-refractivity contribution in [1.29, 1.82) is 0 Å². The van der Waals surface area contributed by atoms with E-state index in [-0.39, 0.29) is 17.6 Å². The summed E-state index contributed by atoms with van der Waals surface area (Å²) >= 11 is 1.32. The van der Waals surface area contributed by atoms with Crippen LogP contribution in [-0.4, -0.2) is 69.0 Å². The van der Waals surface area contributed by atoms with Crippen LogP contribution < -0.4 is 5.32 Å². The number of methoxy groups -OCH3 is 1. The van der Waals surface area contributed by atoms with E-state index in [0.717, 1.165) is 37.9 Å². The Balaban J connectivity index is 1.72. The lowest BCUT2D eigenvalue weighted by Crippen LogP contribution is -2.31. The van der Waals surface area contributed by atoms with Crippen LogP contribution in [0.3, 0.4) is 0 Å². The van der Waals surface area contributed by atoms with Crippen LogP contribution in [0.1, 0.15) is 37.9 Å². The Morgan fingerprint density at radius 3 is 3.00 bits per heavy atom. The summed E-state index contributed by atoms with van der Waals surface area (Å²) in [5.74, 6) is 0.980. The molecule has 1 saturated heterocycles. The Kier molecular flexibility index (Phi) is 8.64. The van der Waals surface area contributed by atoms with Crippen LogP contribution in [0, 0.1) is 0 Å². The number of pyridine rings is 1. The first kappa shape index (κ1) is 22.2. The molecular weight excluding hydrogens is 404 g/mol. The van der Waals surface area contributed by atoms with Crippen molar-refractivity contribution in [1.82, 2.24) is 30.0 Å². The van der Waals surface area contributed by atoms with E-state index in [9.17, 15) is 9.59 Å². The number of amides is 2. The number of nitrogens with zero attached hydrogens (tertiary/aromatic N) is 5. The highest BCUT2D eigenvalue weighted by Crippen LogP contribution is 2.23. The lowest BCUT2D eigenvalue weighted by molar-refractivity contribution is -0.131. The maximum Gasteiger partial charge on any atom is 0.230 e. The molecule has 2 aromatic heterocycles. The molecule has 9 nitrogen and oxygen atoms in total. The van der Waals surface area contributed by atoms with Crippen LogP contribution in [-0.2, 0) is 20.9 Å². The molecule has 0 saturated carbocycles. The van der Waals surface area contributed by atoms with E-state index < -0.39 is 0 Å². The van der Waals surface area contributed by atoms with Crippen LogP contribution in [0.15, 0.2) is 29.7 Å². The summed E-state index contributed by atoms with van der Waals surface area (Å²) in [7, 11) is 1.64. The number of likely N-dealkylation sites (tertiary alicyclic amines) is 1. The van der Waals surface area contributed by atoms with Gasteiger partial charge in [-0.25, -0.2) is 0 Å². The van der Waals surface area contributed by atoms with Crippen LogP contribution >= 0.6 is 11.8 Å². The number of nitrogens with one attached hydrogen (secondary N) is 1. The van der Waals surface area contributed by atoms with Gasteiger partial charge in [-0.2, -0.15) is 0 Å². The Hall–Kier alpha value is -2.46.